The molecule has 0 fully saturated rings. The van der Waals surface area contributed by atoms with Crippen LogP contribution in [0.3, 0.4) is 0 Å². The number of unbranched alkanes of at least 4 members (excludes halogenated alkanes) is 36. The van der Waals surface area contributed by atoms with Crippen LogP contribution in [-0.4, -0.2) is 0 Å². The Hall–Kier alpha value is -7.62. The lowest BCUT2D eigenvalue weighted by Gasteiger charge is -2.40. The molecule has 9 aromatic carbocycles. The van der Waals surface area contributed by atoms with Crippen LogP contribution in [0.1, 0.15) is 445 Å². The Labute approximate surface area is 746 Å². The predicted molar refractivity (Wildman–Crippen MR) is 535 cm³/mol. The molecule has 0 aliphatic heterocycles. The van der Waals surface area contributed by atoms with Crippen molar-refractivity contribution in [2.24, 2.45) is 0 Å². The maximum Gasteiger partial charge on any atom is 0.144 e. The second-order valence-corrected chi connectivity index (χ2v) is 39.9. The van der Waals surface area contributed by atoms with Gasteiger partial charge in [-0.05, 0) is 215 Å². The molecule has 0 amide bonds. The number of nitrogens with zero attached hydrogens (tertiary/aromatic N) is 1. The topological polar surface area (TPSA) is 29.5 Å². The predicted octanol–water partition coefficient (Wildman–Crippen LogP) is 39.1. The quantitative estimate of drug-likeness (QED) is 0.0356. The molecule has 123 heavy (non-hydrogen) atoms. The maximum atomic E-state index is 7.80. The zero-order valence-corrected chi connectivity index (χ0v) is 79.0. The van der Waals surface area contributed by atoms with E-state index in [9.17, 15) is 0 Å². The van der Waals surface area contributed by atoms with Crippen molar-refractivity contribution in [3.8, 4) is 44.5 Å². The van der Waals surface area contributed by atoms with Gasteiger partial charge in [0.25, 0.3) is 0 Å². The Bertz CT molecular complexity index is 5210. The summed E-state index contributed by atoms with van der Waals surface area (Å²) in [6.45, 7) is 23.9. The minimum Gasteiger partial charge on any atom is -0.456 e. The maximum absolute atomic E-state index is 7.80. The molecule has 0 spiro atoms. The summed E-state index contributed by atoms with van der Waals surface area (Å²) in [6, 6.07) is 62.8. The van der Waals surface area contributed by atoms with E-state index >= 15 is 0 Å². The Morgan fingerprint density at radius 2 is 0.610 bits per heavy atom. The molecular formula is C120H159NO2. The standard InChI is InChI=1S/C120H159NO2/c1-11-19-27-35-43-53-75-117(76-54-44-36-28-20-12-2)100-72-74-108-110(95-62-48-51-65-106(95)122-108)109(100)98-87-103-97(86-104(98)117)92-70-68-90(84-101(92)118(103,77-55-45-37-29-21-13-3)78-56-46-38-30-22-14-4)121(105-73-67-88(9)83-89(105)10)91-69-71-94-102(85-91)120(81-59-41-33-25-17-7,82-60-42-34-26-18-8)115-113(94)116-112(96-63-49-52-66-107(96)123-116)111-93-61-47-50-64-99(93)119(114(111)115,79-57-39-31-23-15-5)80-58-40-32-24-16-6/h47-52,61-74,83-87H,11-46,53-60,75-82H2,1-10H3. The highest BCUT2D eigenvalue weighted by Gasteiger charge is 2.55. The number of hydrogen-bond acceptors (Lipinski definition) is 3. The van der Waals surface area contributed by atoms with Crippen LogP contribution in [0.5, 0.6) is 0 Å². The monoisotopic (exact) mass is 1650 g/mol. The van der Waals surface area contributed by atoms with E-state index in [0.29, 0.717) is 0 Å². The Morgan fingerprint density at radius 3 is 1.10 bits per heavy atom. The van der Waals surface area contributed by atoms with Gasteiger partial charge in [-0.2, -0.15) is 0 Å². The Balaban J connectivity index is 0.984. The second-order valence-electron chi connectivity index (χ2n) is 39.9. The van der Waals surface area contributed by atoms with Crippen molar-refractivity contribution < 1.29 is 8.83 Å². The summed E-state index contributed by atoms with van der Waals surface area (Å²) < 4.78 is 14.8. The number of aryl methyl sites for hydroxylation is 2. The minimum absolute atomic E-state index is 0.108. The molecule has 0 atom stereocenters. The van der Waals surface area contributed by atoms with Gasteiger partial charge < -0.3 is 13.7 Å². The number of anilines is 3. The van der Waals surface area contributed by atoms with E-state index in [2.05, 4.69) is 226 Å². The minimum atomic E-state index is -0.266. The van der Waals surface area contributed by atoms with E-state index in [-0.39, 0.29) is 21.7 Å². The van der Waals surface area contributed by atoms with E-state index in [1.807, 2.05) is 0 Å². The van der Waals surface area contributed by atoms with Gasteiger partial charge in [-0.1, -0.05) is 434 Å². The molecule has 4 aliphatic rings. The summed E-state index contributed by atoms with van der Waals surface area (Å²) in [6.07, 6.45) is 65.9. The third kappa shape index (κ3) is 18.2. The fraction of sp³-hybridized carbons (Fsp3) is 0.550. The van der Waals surface area contributed by atoms with E-state index in [1.54, 1.807) is 44.5 Å². The molecule has 15 rings (SSSR count). The van der Waals surface area contributed by atoms with Crippen molar-refractivity contribution in [1.82, 2.24) is 0 Å². The van der Waals surface area contributed by atoms with Gasteiger partial charge in [0.15, 0.2) is 0 Å². The number of fused-ring (bicyclic) bond motifs is 22. The highest BCUT2D eigenvalue weighted by molar-refractivity contribution is 6.21. The number of rotatable bonds is 55. The molecular weight excluding hydrogens is 1490 g/mol. The molecule has 2 aromatic heterocycles. The molecule has 3 heteroatoms. The summed E-state index contributed by atoms with van der Waals surface area (Å²) >= 11 is 0. The summed E-state index contributed by atoms with van der Waals surface area (Å²) in [5.74, 6) is 0. The molecule has 0 bridgehead atoms. The fourth-order valence-electron chi connectivity index (χ4n) is 25.1. The van der Waals surface area contributed by atoms with Crippen LogP contribution in [0.15, 0.2) is 160 Å². The van der Waals surface area contributed by atoms with Crippen molar-refractivity contribution in [2.75, 3.05) is 4.90 Å². The van der Waals surface area contributed by atoms with Gasteiger partial charge in [-0.3, -0.25) is 0 Å². The molecule has 0 radical (unpaired) electrons. The first-order valence-corrected chi connectivity index (χ1v) is 52.0. The average molecular weight is 1650 g/mol. The van der Waals surface area contributed by atoms with Gasteiger partial charge in [0, 0.05) is 65.8 Å². The molecule has 0 saturated carbocycles. The second kappa shape index (κ2) is 42.8. The SMILES string of the molecule is CCCCCCCCC1(CCCCCCCC)c2cc(N(c3ccc4c(c3)C(CCCCCCC)(CCCCCCC)c3c5c(c6c(oc7ccccc76)c3-4)-c3ccccc3C5(CCCCCCC)CCCCCCC)c3ccc(C)cc3C)ccc2-c2cc3c(cc21)-c1c(ccc2oc4ccccc4c12)C3(CCCCCCCC)CCCCCCCC. The molecule has 4 aliphatic carbocycles. The van der Waals surface area contributed by atoms with E-state index < -0.39 is 0 Å². The number of furan rings is 2. The highest BCUT2D eigenvalue weighted by atomic mass is 16.3. The molecule has 0 unspecified atom stereocenters. The van der Waals surface area contributed by atoms with E-state index in [1.165, 1.54) is 402 Å². The number of benzene rings is 9. The summed E-state index contributed by atoms with van der Waals surface area (Å²) in [7, 11) is 0. The number of hydrogen-bond donors (Lipinski definition) is 0. The van der Waals surface area contributed by atoms with Crippen LogP contribution in [0, 0.1) is 13.8 Å². The van der Waals surface area contributed by atoms with Crippen LogP contribution in [0.2, 0.25) is 0 Å². The highest BCUT2D eigenvalue weighted by Crippen LogP contribution is 2.69. The van der Waals surface area contributed by atoms with Crippen LogP contribution >= 0.6 is 0 Å². The third-order valence-corrected chi connectivity index (χ3v) is 31.4. The lowest BCUT2D eigenvalue weighted by atomic mass is 9.62. The zero-order valence-electron chi connectivity index (χ0n) is 79.0. The smallest absolute Gasteiger partial charge is 0.144 e. The summed E-state index contributed by atoms with van der Waals surface area (Å²) in [4.78, 5) is 2.81. The first kappa shape index (κ1) is 90.2. The van der Waals surface area contributed by atoms with Gasteiger partial charge in [-0.15, -0.1) is 0 Å². The normalized spacial score (nSPS) is 14.6. The fourth-order valence-corrected chi connectivity index (χ4v) is 25.1. The van der Waals surface area contributed by atoms with Gasteiger partial charge in [0.05, 0.1) is 0 Å². The van der Waals surface area contributed by atoms with E-state index in [0.717, 1.165) is 48.0 Å². The van der Waals surface area contributed by atoms with Crippen molar-refractivity contribution in [1.29, 1.82) is 0 Å². The molecule has 656 valence electrons. The first-order chi connectivity index (χ1) is 60.5. The molecule has 11 aromatic rings. The molecule has 2 heterocycles. The Morgan fingerprint density at radius 1 is 0.244 bits per heavy atom. The zero-order chi connectivity index (χ0) is 85.2. The van der Waals surface area contributed by atoms with Gasteiger partial charge in [0.1, 0.15) is 22.3 Å². The first-order valence-electron chi connectivity index (χ1n) is 52.0. The van der Waals surface area contributed by atoms with Crippen molar-refractivity contribution in [3.05, 3.63) is 207 Å². The molecule has 0 saturated heterocycles. The van der Waals surface area contributed by atoms with Crippen LogP contribution in [0.25, 0.3) is 88.4 Å². The van der Waals surface area contributed by atoms with Crippen LogP contribution in [0.4, 0.5) is 17.1 Å². The lowest BCUT2D eigenvalue weighted by Crippen LogP contribution is -2.33. The largest absolute Gasteiger partial charge is 0.456 e. The Kier molecular flexibility index (Phi) is 31.4. The van der Waals surface area contributed by atoms with Crippen molar-refractivity contribution in [2.45, 2.75) is 425 Å². The van der Waals surface area contributed by atoms with Crippen LogP contribution < -0.4 is 4.90 Å². The van der Waals surface area contributed by atoms with Gasteiger partial charge >= 0.3 is 0 Å². The van der Waals surface area contributed by atoms with Crippen LogP contribution in [-0.2, 0) is 21.7 Å². The summed E-state index contributed by atoms with van der Waals surface area (Å²) in [5, 5.41) is 5.26. The van der Waals surface area contributed by atoms with E-state index in [4.69, 9.17) is 8.83 Å². The van der Waals surface area contributed by atoms with Gasteiger partial charge in [-0.25, -0.2) is 0 Å². The molecule has 3 nitrogen and oxygen atoms in total. The summed E-state index contributed by atoms with van der Waals surface area (Å²) in [5.41, 5.74) is 34.8. The number of para-hydroxylation sites is 2. The lowest BCUT2D eigenvalue weighted by molar-refractivity contribution is 0.369. The molecule has 0 N–H and O–H groups in total. The third-order valence-electron chi connectivity index (χ3n) is 31.4. The van der Waals surface area contributed by atoms with Crippen molar-refractivity contribution >= 4 is 60.9 Å². The average Bonchev–Trinajstić information content (AvgIpc) is 1.49. The van der Waals surface area contributed by atoms with Crippen molar-refractivity contribution in [3.63, 3.8) is 0 Å². The van der Waals surface area contributed by atoms with Gasteiger partial charge in [0.2, 0.25) is 0 Å².